The van der Waals surface area contributed by atoms with E-state index in [1.54, 1.807) is 12.1 Å². The third-order valence-electron chi connectivity index (χ3n) is 3.28. The number of hydrogen-bond donors (Lipinski definition) is 1. The van der Waals surface area contributed by atoms with Crippen LogP contribution in [0.2, 0.25) is 0 Å². The summed E-state index contributed by atoms with van der Waals surface area (Å²) in [6, 6.07) is 13.0. The highest BCUT2D eigenvalue weighted by Gasteiger charge is 2.14. The molecule has 2 aromatic carbocycles. The van der Waals surface area contributed by atoms with Gasteiger partial charge in [-0.15, -0.1) is 0 Å². The first kappa shape index (κ1) is 13.8. The summed E-state index contributed by atoms with van der Waals surface area (Å²) in [5, 5.41) is 14.2. The largest absolute Gasteiger partial charge is 0.451 e. The number of fused-ring (bicyclic) bond motifs is 1. The van der Waals surface area contributed by atoms with Gasteiger partial charge in [-0.3, -0.25) is 14.9 Å². The van der Waals surface area contributed by atoms with Gasteiger partial charge in [-0.05, 0) is 24.6 Å². The van der Waals surface area contributed by atoms with Gasteiger partial charge in [0.15, 0.2) is 5.76 Å². The highest BCUT2D eigenvalue weighted by atomic mass is 16.6. The maximum Gasteiger partial charge on any atom is 0.291 e. The fourth-order valence-electron chi connectivity index (χ4n) is 2.21. The second kappa shape index (κ2) is 5.33. The van der Waals surface area contributed by atoms with Crippen LogP contribution >= 0.6 is 0 Å². The van der Waals surface area contributed by atoms with Gasteiger partial charge in [-0.1, -0.05) is 24.3 Å². The van der Waals surface area contributed by atoms with E-state index >= 15 is 0 Å². The molecule has 1 N–H and O–H groups in total. The summed E-state index contributed by atoms with van der Waals surface area (Å²) in [6.07, 6.45) is 0. The molecule has 3 rings (SSSR count). The van der Waals surface area contributed by atoms with Crippen LogP contribution in [0.5, 0.6) is 0 Å². The molecule has 0 fully saturated rings. The van der Waals surface area contributed by atoms with Crippen molar-refractivity contribution in [3.8, 4) is 0 Å². The van der Waals surface area contributed by atoms with Crippen LogP contribution in [0.25, 0.3) is 11.0 Å². The van der Waals surface area contributed by atoms with Gasteiger partial charge in [-0.2, -0.15) is 0 Å². The minimum absolute atomic E-state index is 0.0850. The third-order valence-corrected chi connectivity index (χ3v) is 3.28. The summed E-state index contributed by atoms with van der Waals surface area (Å²) in [6.45, 7) is 1.90. The first-order chi connectivity index (χ1) is 10.5. The summed E-state index contributed by atoms with van der Waals surface area (Å²) in [5.74, 6) is -0.285. The molecule has 1 heterocycles. The summed E-state index contributed by atoms with van der Waals surface area (Å²) in [5.41, 5.74) is 1.85. The van der Waals surface area contributed by atoms with Crippen molar-refractivity contribution < 1.29 is 14.1 Å². The minimum Gasteiger partial charge on any atom is -0.451 e. The number of aryl methyl sites for hydroxylation is 1. The van der Waals surface area contributed by atoms with Crippen LogP contribution in [-0.4, -0.2) is 10.8 Å². The topological polar surface area (TPSA) is 85.4 Å². The fraction of sp³-hybridized carbons (Fsp3) is 0.0625. The summed E-state index contributed by atoms with van der Waals surface area (Å²) in [7, 11) is 0. The predicted octanol–water partition coefficient (Wildman–Crippen LogP) is 3.90. The molecule has 0 aliphatic carbocycles. The number of hydrogen-bond acceptors (Lipinski definition) is 4. The van der Waals surface area contributed by atoms with Crippen molar-refractivity contribution in [3.05, 3.63) is 70.0 Å². The molecule has 22 heavy (non-hydrogen) atoms. The number of para-hydroxylation sites is 1. The van der Waals surface area contributed by atoms with E-state index in [0.717, 1.165) is 10.9 Å². The second-order valence-electron chi connectivity index (χ2n) is 4.87. The average Bonchev–Trinajstić information content (AvgIpc) is 2.93. The number of amides is 1. The number of rotatable bonds is 3. The second-order valence-corrected chi connectivity index (χ2v) is 4.87. The Morgan fingerprint density at radius 1 is 1.18 bits per heavy atom. The molecule has 1 amide bonds. The standard InChI is InChI=1S/C16H12N2O4/c1-10-4-2-5-11-8-14(22-15(10)11)16(19)17-12-6-3-7-13(9-12)18(20)21/h2-9H,1H3,(H,17,19). The molecule has 3 aromatic rings. The lowest BCUT2D eigenvalue weighted by Crippen LogP contribution is -2.10. The molecule has 1 aromatic heterocycles. The van der Waals surface area contributed by atoms with Crippen LogP contribution in [-0.2, 0) is 0 Å². The maximum atomic E-state index is 12.2. The maximum absolute atomic E-state index is 12.2. The Labute approximate surface area is 125 Å². The van der Waals surface area contributed by atoms with E-state index < -0.39 is 10.8 Å². The molecule has 0 atom stereocenters. The van der Waals surface area contributed by atoms with Gasteiger partial charge < -0.3 is 9.73 Å². The van der Waals surface area contributed by atoms with Crippen LogP contribution in [0, 0.1) is 17.0 Å². The molecular weight excluding hydrogens is 284 g/mol. The van der Waals surface area contributed by atoms with E-state index in [1.807, 2.05) is 25.1 Å². The molecule has 6 heteroatoms. The van der Waals surface area contributed by atoms with E-state index in [0.29, 0.717) is 11.3 Å². The molecule has 0 saturated heterocycles. The number of carbonyl (C=O) groups excluding carboxylic acids is 1. The van der Waals surface area contributed by atoms with Crippen LogP contribution in [0.1, 0.15) is 16.1 Å². The Bertz CT molecular complexity index is 883. The zero-order valence-corrected chi connectivity index (χ0v) is 11.7. The summed E-state index contributed by atoms with van der Waals surface area (Å²) < 4.78 is 5.56. The van der Waals surface area contributed by atoms with Crippen molar-refractivity contribution >= 4 is 28.3 Å². The highest BCUT2D eigenvalue weighted by molar-refractivity contribution is 6.04. The van der Waals surface area contributed by atoms with E-state index in [9.17, 15) is 14.9 Å². The lowest BCUT2D eigenvalue weighted by atomic mass is 10.2. The Morgan fingerprint density at radius 3 is 2.68 bits per heavy atom. The van der Waals surface area contributed by atoms with Gasteiger partial charge >= 0.3 is 0 Å². The molecule has 6 nitrogen and oxygen atoms in total. The number of nitrogens with zero attached hydrogens (tertiary/aromatic N) is 1. The fourth-order valence-corrected chi connectivity index (χ4v) is 2.21. The molecule has 0 radical (unpaired) electrons. The van der Waals surface area contributed by atoms with Gasteiger partial charge in [-0.25, -0.2) is 0 Å². The predicted molar refractivity (Wildman–Crippen MR) is 82.0 cm³/mol. The Balaban J connectivity index is 1.88. The number of benzene rings is 2. The zero-order valence-electron chi connectivity index (χ0n) is 11.7. The van der Waals surface area contributed by atoms with E-state index in [2.05, 4.69) is 5.32 Å². The monoisotopic (exact) mass is 296 g/mol. The van der Waals surface area contributed by atoms with E-state index in [1.165, 1.54) is 18.2 Å². The number of carbonyl (C=O) groups is 1. The number of furan rings is 1. The first-order valence-electron chi connectivity index (χ1n) is 6.59. The number of nitro groups is 1. The number of nitro benzene ring substituents is 1. The van der Waals surface area contributed by atoms with Crippen molar-refractivity contribution in [2.75, 3.05) is 5.32 Å². The van der Waals surface area contributed by atoms with Crippen molar-refractivity contribution in [1.82, 2.24) is 0 Å². The van der Waals surface area contributed by atoms with Crippen LogP contribution in [0.15, 0.2) is 52.9 Å². The highest BCUT2D eigenvalue weighted by Crippen LogP contribution is 2.24. The Morgan fingerprint density at radius 2 is 1.95 bits per heavy atom. The van der Waals surface area contributed by atoms with Gasteiger partial charge in [0.05, 0.1) is 4.92 Å². The Kier molecular flexibility index (Phi) is 3.34. The Hall–Kier alpha value is -3.15. The van der Waals surface area contributed by atoms with Crippen molar-refractivity contribution in [2.24, 2.45) is 0 Å². The zero-order chi connectivity index (χ0) is 15.7. The van der Waals surface area contributed by atoms with Gasteiger partial charge in [0.2, 0.25) is 0 Å². The average molecular weight is 296 g/mol. The quantitative estimate of drug-likeness (QED) is 0.586. The molecule has 0 aliphatic rings. The van der Waals surface area contributed by atoms with E-state index in [4.69, 9.17) is 4.42 Å². The molecular formula is C16H12N2O4. The van der Waals surface area contributed by atoms with Crippen molar-refractivity contribution in [3.63, 3.8) is 0 Å². The number of nitrogens with one attached hydrogen (secondary N) is 1. The summed E-state index contributed by atoms with van der Waals surface area (Å²) in [4.78, 5) is 22.4. The number of anilines is 1. The van der Waals surface area contributed by atoms with Crippen LogP contribution in [0.3, 0.4) is 0 Å². The van der Waals surface area contributed by atoms with Gasteiger partial charge in [0.1, 0.15) is 5.58 Å². The van der Waals surface area contributed by atoms with Crippen molar-refractivity contribution in [1.29, 1.82) is 0 Å². The lowest BCUT2D eigenvalue weighted by molar-refractivity contribution is -0.384. The van der Waals surface area contributed by atoms with E-state index in [-0.39, 0.29) is 11.4 Å². The van der Waals surface area contributed by atoms with Crippen LogP contribution < -0.4 is 5.32 Å². The van der Waals surface area contributed by atoms with Gasteiger partial charge in [0, 0.05) is 23.2 Å². The first-order valence-corrected chi connectivity index (χ1v) is 6.59. The molecule has 0 aliphatic heterocycles. The molecule has 110 valence electrons. The number of non-ortho nitro benzene ring substituents is 1. The summed E-state index contributed by atoms with van der Waals surface area (Å²) >= 11 is 0. The minimum atomic E-state index is -0.514. The normalized spacial score (nSPS) is 10.6. The molecule has 0 spiro atoms. The van der Waals surface area contributed by atoms with Gasteiger partial charge in [0.25, 0.3) is 11.6 Å². The molecule has 0 unspecified atom stereocenters. The third kappa shape index (κ3) is 2.54. The lowest BCUT2D eigenvalue weighted by Gasteiger charge is -2.02. The van der Waals surface area contributed by atoms with Crippen LogP contribution in [0.4, 0.5) is 11.4 Å². The molecule has 0 bridgehead atoms. The van der Waals surface area contributed by atoms with Crippen molar-refractivity contribution in [2.45, 2.75) is 6.92 Å². The molecule has 0 saturated carbocycles. The SMILES string of the molecule is Cc1cccc2cc(C(=O)Nc3cccc([N+](=O)[O-])c3)oc12. The smallest absolute Gasteiger partial charge is 0.291 e.